The molecule has 0 aliphatic carbocycles. The van der Waals surface area contributed by atoms with Gasteiger partial charge in [0.2, 0.25) is 5.91 Å². The van der Waals surface area contributed by atoms with E-state index in [1.165, 1.54) is 38.8 Å². The van der Waals surface area contributed by atoms with Crippen molar-refractivity contribution in [2.45, 2.75) is 70.4 Å². The van der Waals surface area contributed by atoms with Crippen LogP contribution in [0.1, 0.15) is 58.3 Å². The molecule has 0 unspecified atom stereocenters. The number of nitrogens with one attached hydrogen (secondary N) is 2. The number of rotatable bonds is 10. The minimum Gasteiger partial charge on any atom is -0.382 e. The fraction of sp³-hybridized carbons (Fsp3) is 0.704. The Morgan fingerprint density at radius 1 is 1.09 bits per heavy atom. The number of piperidine rings is 3. The highest BCUT2D eigenvalue weighted by atomic mass is 16.5. The molecule has 2 N–H and O–H groups in total. The Morgan fingerprint density at radius 2 is 1.88 bits per heavy atom. The van der Waals surface area contributed by atoms with E-state index in [2.05, 4.69) is 20.4 Å². The van der Waals surface area contributed by atoms with Crippen LogP contribution in [0.2, 0.25) is 0 Å². The average Bonchev–Trinajstić information content (AvgIpc) is 2.85. The van der Waals surface area contributed by atoms with E-state index in [0.717, 1.165) is 31.5 Å². The van der Waals surface area contributed by atoms with Crippen LogP contribution in [0.3, 0.4) is 0 Å². The van der Waals surface area contributed by atoms with E-state index >= 15 is 0 Å². The molecule has 34 heavy (non-hydrogen) atoms. The molecule has 0 aromatic heterocycles. The van der Waals surface area contributed by atoms with Crippen molar-refractivity contribution in [1.82, 2.24) is 15.1 Å². The van der Waals surface area contributed by atoms with Crippen molar-refractivity contribution in [3.8, 4) is 0 Å². The monoisotopic (exact) mass is 470 g/mol. The second kappa shape index (κ2) is 12.5. The van der Waals surface area contributed by atoms with Crippen molar-refractivity contribution in [1.29, 1.82) is 0 Å². The van der Waals surface area contributed by atoms with Gasteiger partial charge < -0.3 is 20.3 Å². The number of hydrogen-bond donors (Lipinski definition) is 2. The third-order valence-electron chi connectivity index (χ3n) is 7.84. The fourth-order valence-corrected chi connectivity index (χ4v) is 6.43. The van der Waals surface area contributed by atoms with Crippen LogP contribution in [0, 0.1) is 11.8 Å². The Balaban J connectivity index is 1.37. The molecule has 1 aromatic carbocycles. The van der Waals surface area contributed by atoms with Crippen LogP contribution < -0.4 is 10.6 Å². The van der Waals surface area contributed by atoms with Crippen molar-refractivity contribution in [3.63, 3.8) is 0 Å². The van der Waals surface area contributed by atoms with Crippen molar-refractivity contribution in [2.75, 3.05) is 44.7 Å². The number of likely N-dealkylation sites (tertiary alicyclic amines) is 1. The van der Waals surface area contributed by atoms with Crippen LogP contribution in [-0.4, -0.2) is 73.2 Å². The molecule has 0 bridgehead atoms. The van der Waals surface area contributed by atoms with Gasteiger partial charge in [-0.2, -0.15) is 0 Å². The van der Waals surface area contributed by atoms with Gasteiger partial charge in [0.05, 0.1) is 0 Å². The summed E-state index contributed by atoms with van der Waals surface area (Å²) < 4.78 is 5.42. The van der Waals surface area contributed by atoms with Crippen LogP contribution in [0.15, 0.2) is 30.3 Å². The van der Waals surface area contributed by atoms with E-state index in [1.807, 2.05) is 37.3 Å². The van der Waals surface area contributed by atoms with Crippen LogP contribution >= 0.6 is 0 Å². The molecule has 7 heteroatoms. The van der Waals surface area contributed by atoms with E-state index in [0.29, 0.717) is 44.1 Å². The first-order valence-corrected chi connectivity index (χ1v) is 13.4. The van der Waals surface area contributed by atoms with Crippen molar-refractivity contribution < 1.29 is 14.3 Å². The molecule has 0 spiro atoms. The average molecular weight is 471 g/mol. The first kappa shape index (κ1) is 25.0. The second-order valence-corrected chi connectivity index (χ2v) is 10.0. The highest BCUT2D eigenvalue weighted by Crippen LogP contribution is 2.43. The minimum absolute atomic E-state index is 0.0507. The Labute approximate surface area is 204 Å². The molecule has 3 heterocycles. The predicted octanol–water partition coefficient (Wildman–Crippen LogP) is 4.11. The van der Waals surface area contributed by atoms with Gasteiger partial charge in [0.25, 0.3) is 0 Å². The summed E-state index contributed by atoms with van der Waals surface area (Å²) in [4.78, 5) is 30.6. The Bertz CT molecular complexity index is 787. The molecular weight excluding hydrogens is 428 g/mol. The van der Waals surface area contributed by atoms with E-state index in [1.54, 1.807) is 0 Å². The maximum Gasteiger partial charge on any atom is 0.317 e. The largest absolute Gasteiger partial charge is 0.382 e. The number of ether oxygens (including phenoxy) is 1. The van der Waals surface area contributed by atoms with Gasteiger partial charge in [-0.25, -0.2) is 4.79 Å². The lowest BCUT2D eigenvalue weighted by atomic mass is 9.69. The summed E-state index contributed by atoms with van der Waals surface area (Å²) in [6, 6.07) is 10.5. The van der Waals surface area contributed by atoms with Gasteiger partial charge in [0.1, 0.15) is 0 Å². The third kappa shape index (κ3) is 6.30. The summed E-state index contributed by atoms with van der Waals surface area (Å²) in [6.45, 7) is 7.27. The molecule has 7 nitrogen and oxygen atoms in total. The molecule has 3 aliphatic rings. The summed E-state index contributed by atoms with van der Waals surface area (Å²) in [5, 5.41) is 6.15. The van der Waals surface area contributed by atoms with Gasteiger partial charge in [-0.1, -0.05) is 18.2 Å². The first-order valence-electron chi connectivity index (χ1n) is 13.4. The van der Waals surface area contributed by atoms with E-state index in [9.17, 15) is 9.59 Å². The SMILES string of the molecule is CCOCCCNC(=O)N1C[C@@H]2CCCN3CCC[C@@H]([C@H]23)[C@H]1CCCC(=O)Nc1ccccc1. The smallest absolute Gasteiger partial charge is 0.317 e. The van der Waals surface area contributed by atoms with Crippen LogP contribution in [-0.2, 0) is 9.53 Å². The number of anilines is 1. The number of amides is 3. The van der Waals surface area contributed by atoms with Gasteiger partial charge in [0, 0.05) is 50.5 Å². The quantitative estimate of drug-likeness (QED) is 0.505. The number of urea groups is 1. The van der Waals surface area contributed by atoms with Gasteiger partial charge >= 0.3 is 6.03 Å². The summed E-state index contributed by atoms with van der Waals surface area (Å²) in [5.41, 5.74) is 0.839. The third-order valence-corrected chi connectivity index (χ3v) is 7.84. The summed E-state index contributed by atoms with van der Waals surface area (Å²) >= 11 is 0. The molecule has 4 rings (SSSR count). The molecule has 188 valence electrons. The molecule has 3 aliphatic heterocycles. The number of para-hydroxylation sites is 1. The van der Waals surface area contributed by atoms with Crippen molar-refractivity contribution in [3.05, 3.63) is 30.3 Å². The predicted molar refractivity (Wildman–Crippen MR) is 135 cm³/mol. The highest BCUT2D eigenvalue weighted by molar-refractivity contribution is 5.90. The Morgan fingerprint density at radius 3 is 2.68 bits per heavy atom. The van der Waals surface area contributed by atoms with E-state index < -0.39 is 0 Å². The molecule has 3 saturated heterocycles. The molecule has 0 saturated carbocycles. The molecular formula is C27H42N4O3. The fourth-order valence-electron chi connectivity index (χ4n) is 6.43. The lowest BCUT2D eigenvalue weighted by molar-refractivity contribution is -0.116. The summed E-state index contributed by atoms with van der Waals surface area (Å²) in [7, 11) is 0. The van der Waals surface area contributed by atoms with Crippen molar-refractivity contribution in [2.24, 2.45) is 11.8 Å². The number of nitrogens with zero attached hydrogens (tertiary/aromatic N) is 2. The molecule has 4 atom stereocenters. The maximum atomic E-state index is 13.3. The van der Waals surface area contributed by atoms with Crippen LogP contribution in [0.4, 0.5) is 10.5 Å². The standard InChI is InChI=1S/C27H42N4O3/c1-2-34-19-9-16-28-27(33)31-20-21-10-7-17-30-18-8-13-23(26(21)30)24(31)14-6-15-25(32)29-22-11-4-3-5-12-22/h3-5,11-12,21,23-24,26H,2,6-10,13-20H2,1H3,(H,28,33)(H,29,32)/t21-,23+,24+,26-/m0/s1. The Hall–Kier alpha value is -2.12. The maximum absolute atomic E-state index is 13.3. The van der Waals surface area contributed by atoms with Crippen LogP contribution in [0.25, 0.3) is 0 Å². The zero-order valence-electron chi connectivity index (χ0n) is 20.7. The number of benzene rings is 1. The highest BCUT2D eigenvalue weighted by Gasteiger charge is 2.49. The Kier molecular flexibility index (Phi) is 9.22. The van der Waals surface area contributed by atoms with Crippen LogP contribution in [0.5, 0.6) is 0 Å². The van der Waals surface area contributed by atoms with E-state index in [4.69, 9.17) is 4.74 Å². The number of carbonyl (C=O) groups excluding carboxylic acids is 2. The van der Waals surface area contributed by atoms with Crippen molar-refractivity contribution >= 4 is 17.6 Å². The number of hydrogen-bond acceptors (Lipinski definition) is 4. The zero-order valence-corrected chi connectivity index (χ0v) is 20.7. The van der Waals surface area contributed by atoms with E-state index in [-0.39, 0.29) is 18.0 Å². The normalized spacial score (nSPS) is 26.6. The lowest BCUT2D eigenvalue weighted by Gasteiger charge is -2.57. The lowest BCUT2D eigenvalue weighted by Crippen LogP contribution is -2.66. The van der Waals surface area contributed by atoms with Gasteiger partial charge in [0.15, 0.2) is 0 Å². The molecule has 1 aromatic rings. The first-order chi connectivity index (χ1) is 16.7. The molecule has 0 radical (unpaired) electrons. The second-order valence-electron chi connectivity index (χ2n) is 10.0. The summed E-state index contributed by atoms with van der Waals surface area (Å²) in [6.07, 6.45) is 7.86. The van der Waals surface area contributed by atoms with Gasteiger partial charge in [-0.05, 0) is 88.9 Å². The topological polar surface area (TPSA) is 73.9 Å². The summed E-state index contributed by atoms with van der Waals surface area (Å²) in [5.74, 6) is 1.14. The number of carbonyl (C=O) groups is 2. The molecule has 3 fully saturated rings. The minimum atomic E-state index is 0.0507. The zero-order chi connectivity index (χ0) is 23.8. The molecule has 3 amide bonds. The van der Waals surface area contributed by atoms with Gasteiger partial charge in [-0.3, -0.25) is 9.69 Å². The van der Waals surface area contributed by atoms with Gasteiger partial charge in [-0.15, -0.1) is 0 Å².